The zero-order valence-electron chi connectivity index (χ0n) is 22.6. The molecule has 1 aliphatic rings. The lowest BCUT2D eigenvalue weighted by molar-refractivity contribution is -0.139. The third-order valence-corrected chi connectivity index (χ3v) is 10.3. The molecule has 1 fully saturated rings. The van der Waals surface area contributed by atoms with E-state index in [9.17, 15) is 18.0 Å². The Balaban J connectivity index is 1.69. The summed E-state index contributed by atoms with van der Waals surface area (Å²) in [6, 6.07) is 19.0. The van der Waals surface area contributed by atoms with Crippen LogP contribution in [0.1, 0.15) is 44.6 Å². The van der Waals surface area contributed by atoms with E-state index in [1.54, 1.807) is 37.3 Å². The molecule has 3 aromatic carbocycles. The molecule has 3 aromatic rings. The molecule has 41 heavy (non-hydrogen) atoms. The summed E-state index contributed by atoms with van der Waals surface area (Å²) in [6.07, 6.45) is 5.04. The molecule has 7 nitrogen and oxygen atoms in total. The van der Waals surface area contributed by atoms with E-state index in [2.05, 4.69) is 21.2 Å². The van der Waals surface area contributed by atoms with Crippen LogP contribution < -0.4 is 9.62 Å². The molecule has 0 saturated heterocycles. The molecule has 0 unspecified atom stereocenters. The van der Waals surface area contributed by atoms with Gasteiger partial charge >= 0.3 is 0 Å². The molecule has 218 valence electrons. The largest absolute Gasteiger partial charge is 0.352 e. The summed E-state index contributed by atoms with van der Waals surface area (Å²) in [6.45, 7) is 1.18. The minimum atomic E-state index is -4.23. The highest BCUT2D eigenvalue weighted by molar-refractivity contribution is 9.10. The van der Waals surface area contributed by atoms with E-state index in [4.69, 9.17) is 23.2 Å². The van der Waals surface area contributed by atoms with Gasteiger partial charge < -0.3 is 10.2 Å². The molecule has 1 N–H and O–H groups in total. The van der Waals surface area contributed by atoms with Gasteiger partial charge in [-0.05, 0) is 61.7 Å². The van der Waals surface area contributed by atoms with Gasteiger partial charge in [0, 0.05) is 17.1 Å². The third kappa shape index (κ3) is 7.83. The van der Waals surface area contributed by atoms with E-state index in [1.807, 2.05) is 24.3 Å². The Bertz CT molecular complexity index is 1470. The molecule has 2 amide bonds. The summed E-state index contributed by atoms with van der Waals surface area (Å²) >= 11 is 16.2. The number of nitrogens with one attached hydrogen (secondary N) is 1. The van der Waals surface area contributed by atoms with Crippen molar-refractivity contribution in [3.63, 3.8) is 0 Å². The van der Waals surface area contributed by atoms with Gasteiger partial charge in [0.15, 0.2) is 0 Å². The Morgan fingerprint density at radius 2 is 1.61 bits per heavy atom. The number of amides is 2. The van der Waals surface area contributed by atoms with Crippen LogP contribution in [0, 0.1) is 0 Å². The average Bonchev–Trinajstić information content (AvgIpc) is 2.97. The summed E-state index contributed by atoms with van der Waals surface area (Å²) in [5, 5.41) is 3.25. The summed E-state index contributed by atoms with van der Waals surface area (Å²) in [7, 11) is -4.23. The molecular weight excluding hydrogens is 649 g/mol. The fourth-order valence-corrected chi connectivity index (χ4v) is 7.01. The average molecular weight is 681 g/mol. The first kappa shape index (κ1) is 31.3. The van der Waals surface area contributed by atoms with Crippen molar-refractivity contribution in [2.75, 3.05) is 10.8 Å². The van der Waals surface area contributed by atoms with Crippen LogP contribution in [0.25, 0.3) is 0 Å². The lowest BCUT2D eigenvalue weighted by Crippen LogP contribution is -2.53. The monoisotopic (exact) mass is 679 g/mol. The van der Waals surface area contributed by atoms with E-state index in [-0.39, 0.29) is 39.1 Å². The second-order valence-corrected chi connectivity index (χ2v) is 13.6. The van der Waals surface area contributed by atoms with Gasteiger partial charge in [0.2, 0.25) is 11.8 Å². The van der Waals surface area contributed by atoms with Crippen LogP contribution in [0.5, 0.6) is 0 Å². The van der Waals surface area contributed by atoms with E-state index in [0.717, 1.165) is 46.4 Å². The van der Waals surface area contributed by atoms with Crippen LogP contribution in [-0.4, -0.2) is 43.8 Å². The minimum Gasteiger partial charge on any atom is -0.352 e. The molecular formula is C30H32BrCl2N3O4S. The quantitative estimate of drug-likeness (QED) is 0.255. The van der Waals surface area contributed by atoms with E-state index in [0.29, 0.717) is 0 Å². The smallest absolute Gasteiger partial charge is 0.264 e. The van der Waals surface area contributed by atoms with Gasteiger partial charge in [-0.3, -0.25) is 13.9 Å². The normalized spacial score (nSPS) is 14.7. The Morgan fingerprint density at radius 1 is 0.951 bits per heavy atom. The van der Waals surface area contributed by atoms with Crippen molar-refractivity contribution in [1.29, 1.82) is 0 Å². The molecule has 0 spiro atoms. The molecule has 11 heteroatoms. The van der Waals surface area contributed by atoms with Crippen molar-refractivity contribution in [3.8, 4) is 0 Å². The fraction of sp³-hybridized carbons (Fsp3) is 0.333. The number of carbonyl (C=O) groups is 2. The Morgan fingerprint density at radius 3 is 2.27 bits per heavy atom. The lowest BCUT2D eigenvalue weighted by Gasteiger charge is -2.33. The van der Waals surface area contributed by atoms with Gasteiger partial charge in [0.05, 0.1) is 20.6 Å². The van der Waals surface area contributed by atoms with Crippen LogP contribution >= 0.6 is 39.1 Å². The topological polar surface area (TPSA) is 86.8 Å². The van der Waals surface area contributed by atoms with Gasteiger partial charge in [-0.25, -0.2) is 8.42 Å². The number of anilines is 1. The SMILES string of the molecule is C[C@@H](C(=O)NC1CCCCC1)N(Cc1ccc(Br)cc1)C(=O)CN(c1cccc(Cl)c1Cl)S(=O)(=O)c1ccccc1. The second kappa shape index (κ2) is 14.1. The predicted molar refractivity (Wildman–Crippen MR) is 167 cm³/mol. The van der Waals surface area contributed by atoms with Crippen molar-refractivity contribution < 1.29 is 18.0 Å². The molecule has 1 saturated carbocycles. The standard InChI is InChI=1S/C30H32BrCl2N3O4S/c1-21(30(38)34-24-9-4-2-5-10-24)35(19-22-15-17-23(31)18-16-22)28(37)20-36(27-14-8-13-26(32)29(27)33)41(39,40)25-11-6-3-7-12-25/h3,6-8,11-18,21,24H,2,4-5,9-10,19-20H2,1H3,(H,34,38)/t21-/m0/s1. The van der Waals surface area contributed by atoms with Crippen LogP contribution in [0.3, 0.4) is 0 Å². The number of hydrogen-bond donors (Lipinski definition) is 1. The minimum absolute atomic E-state index is 0.00372. The number of carbonyl (C=O) groups excluding carboxylic acids is 2. The van der Waals surface area contributed by atoms with Crippen LogP contribution in [-0.2, 0) is 26.2 Å². The molecule has 0 radical (unpaired) electrons. The number of hydrogen-bond acceptors (Lipinski definition) is 4. The van der Waals surface area contributed by atoms with E-state index in [1.165, 1.54) is 23.1 Å². The maximum absolute atomic E-state index is 14.1. The second-order valence-electron chi connectivity index (χ2n) is 10.1. The molecule has 1 aliphatic carbocycles. The zero-order valence-corrected chi connectivity index (χ0v) is 26.5. The Labute approximate surface area is 260 Å². The number of benzene rings is 3. The van der Waals surface area contributed by atoms with Crippen LogP contribution in [0.4, 0.5) is 5.69 Å². The first-order valence-corrected chi connectivity index (χ1v) is 16.4. The third-order valence-electron chi connectivity index (χ3n) is 7.20. The summed E-state index contributed by atoms with van der Waals surface area (Å²) < 4.78 is 29.6. The summed E-state index contributed by atoms with van der Waals surface area (Å²) in [4.78, 5) is 28.9. The fourth-order valence-electron chi connectivity index (χ4n) is 4.86. The van der Waals surface area contributed by atoms with E-state index < -0.39 is 28.5 Å². The maximum Gasteiger partial charge on any atom is 0.264 e. The molecule has 0 aliphatic heterocycles. The van der Waals surface area contributed by atoms with Crippen molar-refractivity contribution >= 4 is 66.7 Å². The Kier molecular flexibility index (Phi) is 10.7. The van der Waals surface area contributed by atoms with Crippen molar-refractivity contribution in [1.82, 2.24) is 10.2 Å². The Hall–Kier alpha value is -2.59. The van der Waals surface area contributed by atoms with E-state index >= 15 is 0 Å². The van der Waals surface area contributed by atoms with Gasteiger partial charge in [-0.15, -0.1) is 0 Å². The van der Waals surface area contributed by atoms with Crippen LogP contribution in [0.15, 0.2) is 82.2 Å². The first-order valence-electron chi connectivity index (χ1n) is 13.4. The highest BCUT2D eigenvalue weighted by atomic mass is 79.9. The van der Waals surface area contributed by atoms with Crippen LogP contribution in [0.2, 0.25) is 10.0 Å². The molecule has 4 rings (SSSR count). The number of nitrogens with zero attached hydrogens (tertiary/aromatic N) is 2. The predicted octanol–water partition coefficient (Wildman–Crippen LogP) is 6.82. The zero-order chi connectivity index (χ0) is 29.6. The van der Waals surface area contributed by atoms with Gasteiger partial charge in [0.1, 0.15) is 12.6 Å². The van der Waals surface area contributed by atoms with Gasteiger partial charge in [-0.2, -0.15) is 0 Å². The number of halogens is 3. The highest BCUT2D eigenvalue weighted by Gasteiger charge is 2.34. The highest BCUT2D eigenvalue weighted by Crippen LogP contribution is 2.35. The van der Waals surface area contributed by atoms with Crippen molar-refractivity contribution in [2.45, 2.75) is 62.6 Å². The summed E-state index contributed by atoms with van der Waals surface area (Å²) in [5.41, 5.74) is 0.858. The molecule has 1 atom stereocenters. The number of rotatable bonds is 10. The maximum atomic E-state index is 14.1. The number of sulfonamides is 1. The summed E-state index contributed by atoms with van der Waals surface area (Å²) in [5.74, 6) is -0.838. The van der Waals surface area contributed by atoms with Gasteiger partial charge in [0.25, 0.3) is 10.0 Å². The first-order chi connectivity index (χ1) is 19.6. The molecule has 0 aromatic heterocycles. The molecule has 0 heterocycles. The van der Waals surface area contributed by atoms with Gasteiger partial charge in [-0.1, -0.05) is 94.8 Å². The molecule has 0 bridgehead atoms. The van der Waals surface area contributed by atoms with Crippen molar-refractivity contribution in [3.05, 3.63) is 92.9 Å². The lowest BCUT2D eigenvalue weighted by atomic mass is 9.95. The van der Waals surface area contributed by atoms with Crippen molar-refractivity contribution in [2.24, 2.45) is 0 Å².